The fourth-order valence-corrected chi connectivity index (χ4v) is 5.02. The molecule has 1 aliphatic rings. The molecule has 1 aliphatic heterocycles. The molecule has 0 spiro atoms. The number of likely N-dealkylation sites (tertiary alicyclic amines) is 1. The van der Waals surface area contributed by atoms with E-state index in [2.05, 4.69) is 20.8 Å². The normalized spacial score (nSPS) is 19.2. The molecular weight excluding hydrogens is 486 g/mol. The van der Waals surface area contributed by atoms with Crippen LogP contribution in [0.3, 0.4) is 0 Å². The number of benzene rings is 2. The highest BCUT2D eigenvalue weighted by molar-refractivity contribution is 9.10. The van der Waals surface area contributed by atoms with Crippen LogP contribution in [0.5, 0.6) is 11.5 Å². The minimum Gasteiger partial charge on any atom is -0.496 e. The van der Waals surface area contributed by atoms with Crippen molar-refractivity contribution in [3.05, 3.63) is 55.6 Å². The molecule has 31 heavy (non-hydrogen) atoms. The van der Waals surface area contributed by atoms with Gasteiger partial charge in [0.25, 0.3) is 0 Å². The van der Waals surface area contributed by atoms with Crippen molar-refractivity contribution in [2.24, 2.45) is 0 Å². The van der Waals surface area contributed by atoms with Gasteiger partial charge in [-0.25, -0.2) is 0 Å². The monoisotopic (exact) mass is 507 g/mol. The number of aliphatic hydroxyl groups is 1. The summed E-state index contributed by atoms with van der Waals surface area (Å²) in [6, 6.07) is 8.36. The third kappa shape index (κ3) is 3.84. The molecule has 3 aromatic rings. The summed E-state index contributed by atoms with van der Waals surface area (Å²) in [5.74, 6) is 1.26. The van der Waals surface area contributed by atoms with E-state index in [1.807, 2.05) is 13.1 Å². The molecule has 0 unspecified atom stereocenters. The Hall–Kier alpha value is -2.06. The van der Waals surface area contributed by atoms with E-state index in [0.717, 1.165) is 23.0 Å². The van der Waals surface area contributed by atoms with Gasteiger partial charge in [0.15, 0.2) is 5.43 Å². The van der Waals surface area contributed by atoms with Crippen LogP contribution in [0.15, 0.2) is 44.0 Å². The lowest BCUT2D eigenvalue weighted by Gasteiger charge is -2.25. The molecular formula is C23H23BrClNO5. The standard InChI is InChI=1S/C23H23BrClNO5/c1-26-7-6-13(16(26)11-27)21-19(29-2)10-20(30-3)22-17(28)9-18(31-23(21)22)14-8-12(25)4-5-15(14)24/h4-5,8-10,13,16,27H,6-7,11H2,1-3H3/t13-,16+/m1/s1. The number of methoxy groups -OCH3 is 2. The zero-order chi connectivity index (χ0) is 22.3. The van der Waals surface area contributed by atoms with Crippen LogP contribution in [-0.2, 0) is 0 Å². The van der Waals surface area contributed by atoms with E-state index in [0.29, 0.717) is 38.8 Å². The number of rotatable bonds is 5. The zero-order valence-corrected chi connectivity index (χ0v) is 19.8. The first-order valence-electron chi connectivity index (χ1n) is 9.88. The molecule has 2 aromatic carbocycles. The Morgan fingerprint density at radius 1 is 1.23 bits per heavy atom. The van der Waals surface area contributed by atoms with Crippen LogP contribution in [0, 0.1) is 0 Å². The number of hydrogen-bond acceptors (Lipinski definition) is 6. The SMILES string of the molecule is COc1cc(OC)c2c(=O)cc(-c3cc(Cl)ccc3Br)oc2c1[C@@H]1CCN(C)[C@H]1CO. The molecule has 2 atom stereocenters. The lowest BCUT2D eigenvalue weighted by Crippen LogP contribution is -2.32. The quantitative estimate of drug-likeness (QED) is 0.540. The molecule has 1 aromatic heterocycles. The summed E-state index contributed by atoms with van der Waals surface area (Å²) < 4.78 is 18.3. The Morgan fingerprint density at radius 2 is 1.97 bits per heavy atom. The maximum absolute atomic E-state index is 13.2. The molecule has 164 valence electrons. The van der Waals surface area contributed by atoms with Gasteiger partial charge < -0.3 is 23.9 Å². The Labute approximate surface area is 193 Å². The second-order valence-electron chi connectivity index (χ2n) is 7.62. The third-order valence-corrected chi connectivity index (χ3v) is 6.91. The summed E-state index contributed by atoms with van der Waals surface area (Å²) in [6.45, 7) is 0.804. The van der Waals surface area contributed by atoms with Gasteiger partial charge in [-0.15, -0.1) is 0 Å². The van der Waals surface area contributed by atoms with Crippen molar-refractivity contribution in [2.45, 2.75) is 18.4 Å². The van der Waals surface area contributed by atoms with Crippen LogP contribution in [0.25, 0.3) is 22.3 Å². The van der Waals surface area contributed by atoms with Crippen molar-refractivity contribution in [2.75, 3.05) is 34.4 Å². The van der Waals surface area contributed by atoms with Crippen molar-refractivity contribution in [3.63, 3.8) is 0 Å². The molecule has 0 radical (unpaired) electrons. The minimum absolute atomic E-state index is 0.0123. The van der Waals surface area contributed by atoms with Gasteiger partial charge in [-0.3, -0.25) is 4.79 Å². The number of ether oxygens (including phenoxy) is 2. The van der Waals surface area contributed by atoms with Gasteiger partial charge in [0.05, 0.1) is 20.8 Å². The molecule has 6 nitrogen and oxygen atoms in total. The van der Waals surface area contributed by atoms with Crippen LogP contribution in [0.1, 0.15) is 17.9 Å². The second kappa shape index (κ2) is 8.82. The highest BCUT2D eigenvalue weighted by Gasteiger charge is 2.37. The number of fused-ring (bicyclic) bond motifs is 1. The number of likely N-dealkylation sites (N-methyl/N-ethyl adjacent to an activating group) is 1. The van der Waals surface area contributed by atoms with Crippen LogP contribution in [-0.4, -0.2) is 50.5 Å². The van der Waals surface area contributed by atoms with Gasteiger partial charge in [0.2, 0.25) is 0 Å². The summed E-state index contributed by atoms with van der Waals surface area (Å²) in [7, 11) is 5.06. The van der Waals surface area contributed by atoms with Crippen molar-refractivity contribution in [1.29, 1.82) is 0 Å². The first-order valence-corrected chi connectivity index (χ1v) is 11.1. The summed E-state index contributed by atoms with van der Waals surface area (Å²) >= 11 is 9.71. The predicted molar refractivity (Wildman–Crippen MR) is 125 cm³/mol. The van der Waals surface area contributed by atoms with Gasteiger partial charge >= 0.3 is 0 Å². The van der Waals surface area contributed by atoms with E-state index in [-0.39, 0.29) is 24.0 Å². The molecule has 2 heterocycles. The van der Waals surface area contributed by atoms with Gasteiger partial charge in [-0.1, -0.05) is 27.5 Å². The molecule has 1 saturated heterocycles. The van der Waals surface area contributed by atoms with Crippen molar-refractivity contribution >= 4 is 38.5 Å². The van der Waals surface area contributed by atoms with Crippen LogP contribution < -0.4 is 14.9 Å². The van der Waals surface area contributed by atoms with E-state index < -0.39 is 0 Å². The number of nitrogens with zero attached hydrogens (tertiary/aromatic N) is 1. The molecule has 4 rings (SSSR count). The first kappa shape index (κ1) is 22.1. The van der Waals surface area contributed by atoms with Gasteiger partial charge in [0, 0.05) is 44.7 Å². The highest BCUT2D eigenvalue weighted by Crippen LogP contribution is 2.45. The summed E-state index contributed by atoms with van der Waals surface area (Å²) in [6.07, 6.45) is 0.800. The van der Waals surface area contributed by atoms with Crippen LogP contribution in [0.4, 0.5) is 0 Å². The third-order valence-electron chi connectivity index (χ3n) is 5.98. The molecule has 0 aliphatic carbocycles. The van der Waals surface area contributed by atoms with E-state index >= 15 is 0 Å². The lowest BCUT2D eigenvalue weighted by atomic mass is 9.89. The van der Waals surface area contributed by atoms with Crippen molar-refractivity contribution in [3.8, 4) is 22.8 Å². The maximum Gasteiger partial charge on any atom is 0.197 e. The average Bonchev–Trinajstić information content (AvgIpc) is 3.13. The lowest BCUT2D eigenvalue weighted by molar-refractivity contribution is 0.171. The largest absolute Gasteiger partial charge is 0.496 e. The van der Waals surface area contributed by atoms with Crippen molar-refractivity contribution in [1.82, 2.24) is 4.90 Å². The molecule has 1 N–H and O–H groups in total. The minimum atomic E-state index is -0.226. The Balaban J connectivity index is 2.07. The summed E-state index contributed by atoms with van der Waals surface area (Å²) in [5, 5.41) is 10.9. The van der Waals surface area contributed by atoms with E-state index in [1.54, 1.807) is 25.3 Å². The zero-order valence-electron chi connectivity index (χ0n) is 17.4. The Morgan fingerprint density at radius 3 is 2.65 bits per heavy atom. The number of aliphatic hydroxyl groups excluding tert-OH is 1. The predicted octanol–water partition coefficient (Wildman–Crippen LogP) is 4.67. The fourth-order valence-electron chi connectivity index (χ4n) is 4.41. The topological polar surface area (TPSA) is 72.1 Å². The van der Waals surface area contributed by atoms with Gasteiger partial charge in [0.1, 0.15) is 28.2 Å². The van der Waals surface area contributed by atoms with E-state index in [1.165, 1.54) is 13.2 Å². The molecule has 0 bridgehead atoms. The smallest absolute Gasteiger partial charge is 0.197 e. The molecule has 1 fully saturated rings. The molecule has 8 heteroatoms. The maximum atomic E-state index is 13.2. The number of halogens is 2. The second-order valence-corrected chi connectivity index (χ2v) is 8.91. The molecule has 0 saturated carbocycles. The molecule has 0 amide bonds. The summed E-state index contributed by atoms with van der Waals surface area (Å²) in [4.78, 5) is 15.3. The van der Waals surface area contributed by atoms with Crippen molar-refractivity contribution < 1.29 is 19.0 Å². The summed E-state index contributed by atoms with van der Waals surface area (Å²) in [5.41, 5.74) is 1.61. The Kier molecular flexibility index (Phi) is 6.30. The first-order chi connectivity index (χ1) is 14.9. The van der Waals surface area contributed by atoms with Gasteiger partial charge in [-0.05, 0) is 38.2 Å². The average molecular weight is 509 g/mol. The van der Waals surface area contributed by atoms with Crippen LogP contribution in [0.2, 0.25) is 5.02 Å². The van der Waals surface area contributed by atoms with E-state index in [9.17, 15) is 9.90 Å². The van der Waals surface area contributed by atoms with E-state index in [4.69, 9.17) is 25.5 Å². The fraction of sp³-hybridized carbons (Fsp3) is 0.348. The van der Waals surface area contributed by atoms with Gasteiger partial charge in [-0.2, -0.15) is 0 Å². The highest BCUT2D eigenvalue weighted by atomic mass is 79.9. The van der Waals surface area contributed by atoms with Crippen LogP contribution >= 0.6 is 27.5 Å². The number of hydrogen-bond donors (Lipinski definition) is 1. The Bertz CT molecular complexity index is 1190.